The number of anilines is 1. The highest BCUT2D eigenvalue weighted by atomic mass is 19.1. The van der Waals surface area contributed by atoms with Gasteiger partial charge >= 0.3 is 0 Å². The SMILES string of the molecule is O=C1N[C@H]2CC[C@H](C2)Oc2ccc(F)cc2CN2c3nc4c1cnn4cc3O[C@H]1CCC[C@H]12. The molecule has 2 aliphatic heterocycles. The van der Waals surface area contributed by atoms with Crippen LogP contribution in [0.5, 0.6) is 11.5 Å². The smallest absolute Gasteiger partial charge is 0.256 e. The summed E-state index contributed by atoms with van der Waals surface area (Å²) in [6, 6.07) is 4.88. The average molecular weight is 449 g/mol. The molecule has 2 saturated carbocycles. The first-order chi connectivity index (χ1) is 16.1. The van der Waals surface area contributed by atoms with Crippen molar-refractivity contribution < 1.29 is 18.7 Å². The molecule has 170 valence electrons. The van der Waals surface area contributed by atoms with Gasteiger partial charge in [0.2, 0.25) is 0 Å². The van der Waals surface area contributed by atoms with Gasteiger partial charge in [-0.15, -0.1) is 0 Å². The fourth-order valence-electron chi connectivity index (χ4n) is 5.84. The quantitative estimate of drug-likeness (QED) is 0.568. The number of benzene rings is 1. The molecule has 2 aromatic heterocycles. The van der Waals surface area contributed by atoms with E-state index in [0.29, 0.717) is 41.5 Å². The second-order valence-electron chi connectivity index (χ2n) is 9.51. The molecular formula is C24H24FN5O3. The van der Waals surface area contributed by atoms with Crippen molar-refractivity contribution in [3.63, 3.8) is 0 Å². The summed E-state index contributed by atoms with van der Waals surface area (Å²) in [6.45, 7) is 0.458. The molecule has 8 nitrogen and oxygen atoms in total. The largest absolute Gasteiger partial charge is 0.490 e. The van der Waals surface area contributed by atoms with Gasteiger partial charge in [0.15, 0.2) is 17.2 Å². The summed E-state index contributed by atoms with van der Waals surface area (Å²) in [7, 11) is 0. The Morgan fingerprint density at radius 1 is 1.12 bits per heavy atom. The van der Waals surface area contributed by atoms with Crippen LogP contribution in [0.4, 0.5) is 10.2 Å². The number of carbonyl (C=O) groups is 1. The summed E-state index contributed by atoms with van der Waals surface area (Å²) in [6.07, 6.45) is 8.76. The highest BCUT2D eigenvalue weighted by Crippen LogP contribution is 2.43. The Hall–Kier alpha value is -3.36. The minimum Gasteiger partial charge on any atom is -0.490 e. The number of fused-ring (bicyclic) bond motifs is 5. The van der Waals surface area contributed by atoms with Crippen LogP contribution in [0.1, 0.15) is 54.4 Å². The maximum absolute atomic E-state index is 14.3. The lowest BCUT2D eigenvalue weighted by Crippen LogP contribution is -2.47. The molecule has 1 amide bonds. The van der Waals surface area contributed by atoms with Crippen molar-refractivity contribution in [2.75, 3.05) is 4.90 Å². The molecule has 2 aliphatic carbocycles. The Balaban J connectivity index is 1.42. The standard InChI is InChI=1S/C24H24FN5O3/c25-14-4-7-19-13(8-14)11-29-18-2-1-3-20(18)33-21-12-30-22(28-23(21)29)17(10-26-30)24(31)27-15-5-6-16(9-15)32-19/h4,7-8,10,12,15-16,18,20H,1-3,5-6,9,11H2,(H,27,31)/t15-,16+,18+,20-/m0/s1. The molecule has 9 heteroatoms. The van der Waals surface area contributed by atoms with Crippen LogP contribution in [-0.2, 0) is 6.54 Å². The lowest BCUT2D eigenvalue weighted by Gasteiger charge is -2.39. The van der Waals surface area contributed by atoms with E-state index in [1.165, 1.54) is 6.07 Å². The first-order valence-corrected chi connectivity index (χ1v) is 11.7. The molecule has 0 spiro atoms. The number of rotatable bonds is 0. The number of carbonyl (C=O) groups excluding carboxylic acids is 1. The summed E-state index contributed by atoms with van der Waals surface area (Å²) < 4.78 is 28.6. The van der Waals surface area contributed by atoms with E-state index in [0.717, 1.165) is 37.7 Å². The van der Waals surface area contributed by atoms with Crippen LogP contribution in [0.2, 0.25) is 0 Å². The number of hydrogen-bond acceptors (Lipinski definition) is 6. The Morgan fingerprint density at radius 3 is 3.00 bits per heavy atom. The molecule has 0 radical (unpaired) electrons. The molecule has 1 N–H and O–H groups in total. The van der Waals surface area contributed by atoms with E-state index in [4.69, 9.17) is 14.5 Å². The van der Waals surface area contributed by atoms with E-state index in [2.05, 4.69) is 15.3 Å². The molecule has 0 saturated heterocycles. The van der Waals surface area contributed by atoms with Crippen molar-refractivity contribution in [3.8, 4) is 11.5 Å². The second kappa shape index (κ2) is 7.07. The topological polar surface area (TPSA) is 81.0 Å². The zero-order chi connectivity index (χ0) is 22.1. The molecule has 4 aliphatic rings. The number of hydrogen-bond donors (Lipinski definition) is 1. The number of amides is 1. The Kier molecular flexibility index (Phi) is 4.10. The van der Waals surface area contributed by atoms with Gasteiger partial charge in [-0.2, -0.15) is 5.10 Å². The van der Waals surface area contributed by atoms with Crippen molar-refractivity contribution >= 4 is 17.4 Å². The summed E-state index contributed by atoms with van der Waals surface area (Å²) in [4.78, 5) is 20.2. The van der Waals surface area contributed by atoms with Crippen molar-refractivity contribution in [1.29, 1.82) is 0 Å². The zero-order valence-corrected chi connectivity index (χ0v) is 18.0. The minimum absolute atomic E-state index is 0.0148. The van der Waals surface area contributed by atoms with Gasteiger partial charge in [-0.3, -0.25) is 4.79 Å². The maximum atomic E-state index is 14.3. The van der Waals surface area contributed by atoms with E-state index in [9.17, 15) is 9.18 Å². The van der Waals surface area contributed by atoms with Gasteiger partial charge in [0, 0.05) is 24.6 Å². The number of halogens is 1. The molecule has 4 bridgehead atoms. The molecule has 4 atom stereocenters. The molecular weight excluding hydrogens is 425 g/mol. The van der Waals surface area contributed by atoms with Crippen molar-refractivity contribution in [2.24, 2.45) is 0 Å². The normalized spacial score (nSPS) is 28.0. The third kappa shape index (κ3) is 3.05. The van der Waals surface area contributed by atoms with E-state index in [1.807, 2.05) is 0 Å². The fraction of sp³-hybridized carbons (Fsp3) is 0.458. The number of nitrogens with zero attached hydrogens (tertiary/aromatic N) is 4. The van der Waals surface area contributed by atoms with Gasteiger partial charge in [-0.05, 0) is 50.3 Å². The van der Waals surface area contributed by atoms with E-state index in [1.54, 1.807) is 29.0 Å². The zero-order valence-electron chi connectivity index (χ0n) is 18.0. The van der Waals surface area contributed by atoms with Crippen LogP contribution >= 0.6 is 0 Å². The van der Waals surface area contributed by atoms with Gasteiger partial charge in [-0.25, -0.2) is 13.9 Å². The highest BCUT2D eigenvalue weighted by Gasteiger charge is 2.41. The van der Waals surface area contributed by atoms with Crippen molar-refractivity contribution in [3.05, 3.63) is 47.5 Å². The lowest BCUT2D eigenvalue weighted by molar-refractivity contribution is 0.0936. The van der Waals surface area contributed by atoms with Gasteiger partial charge in [0.1, 0.15) is 29.3 Å². The van der Waals surface area contributed by atoms with Crippen molar-refractivity contribution in [1.82, 2.24) is 19.9 Å². The molecule has 2 fully saturated rings. The maximum Gasteiger partial charge on any atom is 0.256 e. The molecule has 7 rings (SSSR count). The third-order valence-electron chi connectivity index (χ3n) is 7.43. The fourth-order valence-corrected chi connectivity index (χ4v) is 5.84. The molecule has 1 aromatic carbocycles. The Bertz CT molecular complexity index is 1280. The van der Waals surface area contributed by atoms with Crippen LogP contribution in [0.15, 0.2) is 30.6 Å². The highest BCUT2D eigenvalue weighted by molar-refractivity contribution is 6.00. The lowest BCUT2D eigenvalue weighted by atomic mass is 10.1. The molecule has 33 heavy (non-hydrogen) atoms. The number of aromatic nitrogens is 3. The summed E-state index contributed by atoms with van der Waals surface area (Å²) in [5.41, 5.74) is 1.74. The Labute approximate surface area is 189 Å². The van der Waals surface area contributed by atoms with Crippen LogP contribution < -0.4 is 19.7 Å². The van der Waals surface area contributed by atoms with Crippen LogP contribution in [0.25, 0.3) is 5.65 Å². The first-order valence-electron chi connectivity index (χ1n) is 11.7. The van der Waals surface area contributed by atoms with Crippen LogP contribution in [0.3, 0.4) is 0 Å². The predicted molar refractivity (Wildman–Crippen MR) is 117 cm³/mol. The monoisotopic (exact) mass is 449 g/mol. The van der Waals surface area contributed by atoms with E-state index >= 15 is 0 Å². The third-order valence-corrected chi connectivity index (χ3v) is 7.43. The minimum atomic E-state index is -0.284. The summed E-state index contributed by atoms with van der Waals surface area (Å²) in [5, 5.41) is 7.50. The van der Waals surface area contributed by atoms with Crippen molar-refractivity contribution in [2.45, 2.75) is 69.4 Å². The number of nitrogens with one attached hydrogen (secondary N) is 1. The molecule has 4 heterocycles. The van der Waals surface area contributed by atoms with E-state index < -0.39 is 0 Å². The van der Waals surface area contributed by atoms with Gasteiger partial charge in [-0.1, -0.05) is 0 Å². The van der Waals surface area contributed by atoms with Crippen LogP contribution in [-0.4, -0.2) is 44.8 Å². The predicted octanol–water partition coefficient (Wildman–Crippen LogP) is 3.23. The molecule has 3 aromatic rings. The van der Waals surface area contributed by atoms with E-state index in [-0.39, 0.29) is 36.0 Å². The van der Waals surface area contributed by atoms with Crippen LogP contribution in [0, 0.1) is 5.82 Å². The molecule has 0 unspecified atom stereocenters. The summed E-state index contributed by atoms with van der Waals surface area (Å²) >= 11 is 0. The Morgan fingerprint density at radius 2 is 2.06 bits per heavy atom. The van der Waals surface area contributed by atoms with Gasteiger partial charge < -0.3 is 19.7 Å². The average Bonchev–Trinajstić information content (AvgIpc) is 3.53. The summed E-state index contributed by atoms with van der Waals surface area (Å²) in [5.74, 6) is 1.53. The second-order valence-corrected chi connectivity index (χ2v) is 9.51. The van der Waals surface area contributed by atoms with Gasteiger partial charge in [0.05, 0.1) is 18.4 Å². The first kappa shape index (κ1) is 19.1. The number of ether oxygens (including phenoxy) is 2. The van der Waals surface area contributed by atoms with Gasteiger partial charge in [0.25, 0.3) is 5.91 Å².